The van der Waals surface area contributed by atoms with Gasteiger partial charge in [-0.2, -0.15) is 0 Å². The van der Waals surface area contributed by atoms with E-state index in [1.165, 1.54) is 57.8 Å². The highest BCUT2D eigenvalue weighted by molar-refractivity contribution is 5.69. The molecule has 0 spiro atoms. The molecule has 4 N–H and O–H groups in total. The highest BCUT2D eigenvalue weighted by Crippen LogP contribution is 2.32. The molecule has 3 saturated carbocycles. The molecule has 0 bridgehead atoms. The van der Waals surface area contributed by atoms with E-state index in [-0.39, 0.29) is 12.8 Å². The first-order chi connectivity index (χ1) is 17.6. The molecule has 0 amide bonds. The average Bonchev–Trinajstić information content (AvgIpc) is 2.90. The summed E-state index contributed by atoms with van der Waals surface area (Å²) < 4.78 is 11.8. The van der Waals surface area contributed by atoms with Crippen LogP contribution in [0.3, 0.4) is 0 Å². The van der Waals surface area contributed by atoms with E-state index < -0.39 is 5.97 Å². The van der Waals surface area contributed by atoms with Gasteiger partial charge in [-0.05, 0) is 82.0 Å². The van der Waals surface area contributed by atoms with E-state index in [2.05, 4.69) is 20.9 Å². The third kappa shape index (κ3) is 9.21. The molecule has 4 fully saturated rings. The Bertz CT molecular complexity index is 623. The third-order valence-corrected chi connectivity index (χ3v) is 9.32. The Labute approximate surface area is 218 Å². The first kappa shape index (κ1) is 28.2. The number of carbonyl (C=O) groups is 1. The minimum Gasteiger partial charge on any atom is -0.480 e. The van der Waals surface area contributed by atoms with Crippen LogP contribution in [0, 0.1) is 17.8 Å². The Morgan fingerprint density at radius 1 is 0.889 bits per heavy atom. The number of aliphatic carboxylic acids is 1. The lowest BCUT2D eigenvalue weighted by atomic mass is 9.78. The van der Waals surface area contributed by atoms with Gasteiger partial charge in [0.2, 0.25) is 0 Å². The molecule has 3 aliphatic carbocycles. The van der Waals surface area contributed by atoms with Crippen molar-refractivity contribution < 1.29 is 19.4 Å². The van der Waals surface area contributed by atoms with Crippen molar-refractivity contribution in [1.29, 1.82) is 0 Å². The fraction of sp³-hybridized carbons (Fsp3) is 0.964. The zero-order valence-corrected chi connectivity index (χ0v) is 22.6. The number of rotatable bonds is 12. The van der Waals surface area contributed by atoms with Gasteiger partial charge < -0.3 is 14.6 Å². The first-order valence-corrected chi connectivity index (χ1v) is 14.9. The van der Waals surface area contributed by atoms with Crippen molar-refractivity contribution in [2.24, 2.45) is 17.8 Å². The lowest BCUT2D eigenvalue weighted by molar-refractivity contribution is -0.138. The fourth-order valence-corrected chi connectivity index (χ4v) is 7.07. The SMILES string of the molecule is COC1CCC(C2CNC(NC3CCC(OCCN(CC(=O)O)CC4CCCCC4)CC3)NC2)CC1. The van der Waals surface area contributed by atoms with E-state index in [0.29, 0.717) is 30.8 Å². The van der Waals surface area contributed by atoms with E-state index in [1.807, 2.05) is 7.11 Å². The van der Waals surface area contributed by atoms with Crippen molar-refractivity contribution in [3.63, 3.8) is 0 Å². The molecule has 0 atom stereocenters. The summed E-state index contributed by atoms with van der Waals surface area (Å²) in [4.78, 5) is 13.4. The highest BCUT2D eigenvalue weighted by Gasteiger charge is 2.32. The maximum absolute atomic E-state index is 11.3. The standard InChI is InChI=1S/C28H52N4O4/c1-35-25-11-7-22(8-12-25)23-17-29-28(30-18-23)31-24-9-13-26(14-10-24)36-16-15-32(20-27(33)34)19-21-5-3-2-4-6-21/h21-26,28-31H,2-20H2,1H3,(H,33,34). The van der Waals surface area contributed by atoms with Crippen molar-refractivity contribution in [2.75, 3.05) is 46.4 Å². The summed E-state index contributed by atoms with van der Waals surface area (Å²) in [5, 5.41) is 20.5. The van der Waals surface area contributed by atoms with Crippen LogP contribution in [-0.4, -0.2) is 87.0 Å². The van der Waals surface area contributed by atoms with Gasteiger partial charge in [-0.3, -0.25) is 25.6 Å². The number of nitrogens with one attached hydrogen (secondary N) is 3. The van der Waals surface area contributed by atoms with Gasteiger partial charge in [-0.25, -0.2) is 0 Å². The minimum absolute atomic E-state index is 0.132. The minimum atomic E-state index is -0.730. The molecule has 1 heterocycles. The van der Waals surface area contributed by atoms with Gasteiger partial charge in [-0.15, -0.1) is 0 Å². The monoisotopic (exact) mass is 508 g/mol. The molecule has 8 nitrogen and oxygen atoms in total. The molecule has 208 valence electrons. The largest absolute Gasteiger partial charge is 0.480 e. The number of hydrogen-bond acceptors (Lipinski definition) is 7. The summed E-state index contributed by atoms with van der Waals surface area (Å²) in [5.41, 5.74) is 0. The van der Waals surface area contributed by atoms with Gasteiger partial charge in [-0.1, -0.05) is 19.3 Å². The maximum atomic E-state index is 11.3. The molecule has 1 aliphatic heterocycles. The van der Waals surface area contributed by atoms with Gasteiger partial charge in [0.15, 0.2) is 0 Å². The van der Waals surface area contributed by atoms with Crippen LogP contribution >= 0.6 is 0 Å². The fourth-order valence-electron chi connectivity index (χ4n) is 7.07. The summed E-state index contributed by atoms with van der Waals surface area (Å²) in [7, 11) is 1.85. The number of methoxy groups -OCH3 is 1. The van der Waals surface area contributed by atoms with Gasteiger partial charge in [0.05, 0.1) is 25.4 Å². The van der Waals surface area contributed by atoms with Gasteiger partial charge in [0.1, 0.15) is 6.29 Å². The Hall–Kier alpha value is -0.770. The molecule has 8 heteroatoms. The van der Waals surface area contributed by atoms with Crippen molar-refractivity contribution >= 4 is 5.97 Å². The molecule has 0 radical (unpaired) electrons. The number of carboxylic acid groups (broad SMARTS) is 1. The molecular weight excluding hydrogens is 456 g/mol. The number of carboxylic acids is 1. The predicted octanol–water partition coefficient (Wildman–Crippen LogP) is 3.17. The Balaban J connectivity index is 1.07. The van der Waals surface area contributed by atoms with E-state index in [4.69, 9.17) is 9.47 Å². The van der Waals surface area contributed by atoms with Crippen LogP contribution in [0.2, 0.25) is 0 Å². The topological polar surface area (TPSA) is 95.1 Å². The summed E-state index contributed by atoms with van der Waals surface area (Å²) in [5.74, 6) is 1.47. The zero-order valence-electron chi connectivity index (χ0n) is 22.6. The van der Waals surface area contributed by atoms with Crippen LogP contribution in [0.1, 0.15) is 83.5 Å². The molecule has 4 aliphatic rings. The quantitative estimate of drug-likeness (QED) is 0.319. The van der Waals surface area contributed by atoms with E-state index in [0.717, 1.165) is 63.7 Å². The second-order valence-corrected chi connectivity index (χ2v) is 11.9. The van der Waals surface area contributed by atoms with Crippen molar-refractivity contribution in [3.8, 4) is 0 Å². The number of hydrogen-bond donors (Lipinski definition) is 4. The summed E-state index contributed by atoms with van der Waals surface area (Å²) in [6, 6.07) is 0.526. The number of ether oxygens (including phenoxy) is 2. The molecule has 0 aromatic carbocycles. The van der Waals surface area contributed by atoms with E-state index in [1.54, 1.807) is 0 Å². The lowest BCUT2D eigenvalue weighted by Crippen LogP contribution is -2.63. The van der Waals surface area contributed by atoms with Crippen LogP contribution < -0.4 is 16.0 Å². The highest BCUT2D eigenvalue weighted by atomic mass is 16.5. The summed E-state index contributed by atoms with van der Waals surface area (Å²) in [6.45, 7) is 4.60. The Morgan fingerprint density at radius 3 is 2.19 bits per heavy atom. The lowest BCUT2D eigenvalue weighted by Gasteiger charge is -2.40. The maximum Gasteiger partial charge on any atom is 0.317 e. The van der Waals surface area contributed by atoms with Gasteiger partial charge >= 0.3 is 5.97 Å². The molecule has 0 aromatic heterocycles. The summed E-state index contributed by atoms with van der Waals surface area (Å²) >= 11 is 0. The van der Waals surface area contributed by atoms with Crippen LogP contribution in [0.15, 0.2) is 0 Å². The molecule has 1 saturated heterocycles. The Morgan fingerprint density at radius 2 is 1.56 bits per heavy atom. The second-order valence-electron chi connectivity index (χ2n) is 11.9. The first-order valence-electron chi connectivity index (χ1n) is 14.9. The van der Waals surface area contributed by atoms with E-state index >= 15 is 0 Å². The van der Waals surface area contributed by atoms with Gasteiger partial charge in [0.25, 0.3) is 0 Å². The zero-order chi connectivity index (χ0) is 25.2. The Kier molecular flexibility index (Phi) is 11.8. The molecule has 4 rings (SSSR count). The van der Waals surface area contributed by atoms with Crippen LogP contribution in [-0.2, 0) is 14.3 Å². The summed E-state index contributed by atoms with van der Waals surface area (Å²) in [6.07, 6.45) is 16.8. The third-order valence-electron chi connectivity index (χ3n) is 9.32. The number of nitrogens with zero attached hydrogens (tertiary/aromatic N) is 1. The molecular formula is C28H52N4O4. The molecule has 0 unspecified atom stereocenters. The average molecular weight is 509 g/mol. The smallest absolute Gasteiger partial charge is 0.317 e. The predicted molar refractivity (Wildman–Crippen MR) is 142 cm³/mol. The van der Waals surface area contributed by atoms with Crippen LogP contribution in [0.25, 0.3) is 0 Å². The second kappa shape index (κ2) is 15.0. The molecule has 36 heavy (non-hydrogen) atoms. The normalized spacial score (nSPS) is 34.6. The van der Waals surface area contributed by atoms with Crippen LogP contribution in [0.4, 0.5) is 0 Å². The molecule has 0 aromatic rings. The van der Waals surface area contributed by atoms with Crippen molar-refractivity contribution in [3.05, 3.63) is 0 Å². The van der Waals surface area contributed by atoms with E-state index in [9.17, 15) is 9.90 Å². The van der Waals surface area contributed by atoms with Crippen molar-refractivity contribution in [2.45, 2.75) is 108 Å². The van der Waals surface area contributed by atoms with Gasteiger partial charge in [0, 0.05) is 39.3 Å². The van der Waals surface area contributed by atoms with Crippen molar-refractivity contribution in [1.82, 2.24) is 20.9 Å². The van der Waals surface area contributed by atoms with Crippen LogP contribution in [0.5, 0.6) is 0 Å².